The van der Waals surface area contributed by atoms with Gasteiger partial charge < -0.3 is 10.6 Å². The molecule has 7 heteroatoms. The molecule has 0 aliphatic carbocycles. The van der Waals surface area contributed by atoms with Crippen LogP contribution in [0.5, 0.6) is 0 Å². The first kappa shape index (κ1) is 16.6. The van der Waals surface area contributed by atoms with Crippen molar-refractivity contribution in [3.05, 3.63) is 34.6 Å². The molecular weight excluding hydrogens is 306 g/mol. The van der Waals surface area contributed by atoms with E-state index in [1.165, 1.54) is 4.68 Å². The highest BCUT2D eigenvalue weighted by Gasteiger charge is 2.26. The summed E-state index contributed by atoms with van der Waals surface area (Å²) in [7, 11) is 0. The molecule has 3 rings (SSSR count). The molecule has 24 heavy (non-hydrogen) atoms. The molecule has 1 aromatic carbocycles. The van der Waals surface area contributed by atoms with Gasteiger partial charge in [-0.1, -0.05) is 24.3 Å². The van der Waals surface area contributed by atoms with Crippen LogP contribution in [0.1, 0.15) is 26.2 Å². The molecule has 2 heterocycles. The van der Waals surface area contributed by atoms with Crippen molar-refractivity contribution in [2.24, 2.45) is 5.41 Å². The van der Waals surface area contributed by atoms with Gasteiger partial charge in [0.05, 0.1) is 11.9 Å². The third kappa shape index (κ3) is 3.79. The number of nitrogens with one attached hydrogen (secondary N) is 2. The standard InChI is InChI=1S/C17H23N5O2/c1-17(7-9-18-10-8-17)12-19-15(23)6-11-22-16(24)13-4-2-3-5-14(13)20-21-22/h2-5,18H,6-12H2,1H3,(H,19,23). The number of benzene rings is 1. The highest BCUT2D eigenvalue weighted by atomic mass is 16.2. The maximum absolute atomic E-state index is 12.3. The van der Waals surface area contributed by atoms with Gasteiger partial charge in [0.2, 0.25) is 5.91 Å². The first-order valence-electron chi connectivity index (χ1n) is 8.37. The molecule has 2 aromatic rings. The summed E-state index contributed by atoms with van der Waals surface area (Å²) < 4.78 is 1.26. The number of carbonyl (C=O) groups excluding carboxylic acids is 1. The summed E-state index contributed by atoms with van der Waals surface area (Å²) >= 11 is 0. The van der Waals surface area contributed by atoms with Crippen molar-refractivity contribution in [1.29, 1.82) is 0 Å². The second kappa shape index (κ2) is 7.09. The van der Waals surface area contributed by atoms with Gasteiger partial charge in [0.1, 0.15) is 5.52 Å². The second-order valence-corrected chi connectivity index (χ2v) is 6.72. The average molecular weight is 329 g/mol. The minimum absolute atomic E-state index is 0.0587. The monoisotopic (exact) mass is 329 g/mol. The zero-order chi connectivity index (χ0) is 17.0. The van der Waals surface area contributed by atoms with E-state index in [2.05, 4.69) is 27.9 Å². The van der Waals surface area contributed by atoms with Crippen LogP contribution in [0.15, 0.2) is 29.1 Å². The highest BCUT2D eigenvalue weighted by molar-refractivity contribution is 5.77. The Kier molecular flexibility index (Phi) is 4.89. The van der Waals surface area contributed by atoms with Crippen molar-refractivity contribution in [2.75, 3.05) is 19.6 Å². The van der Waals surface area contributed by atoms with E-state index >= 15 is 0 Å². The van der Waals surface area contributed by atoms with Crippen LogP contribution in [0.3, 0.4) is 0 Å². The lowest BCUT2D eigenvalue weighted by atomic mass is 9.81. The Bertz CT molecular complexity index is 780. The maximum Gasteiger partial charge on any atom is 0.277 e. The number of nitrogens with zero attached hydrogens (tertiary/aromatic N) is 3. The summed E-state index contributed by atoms with van der Waals surface area (Å²) in [4.78, 5) is 24.4. The number of fused-ring (bicyclic) bond motifs is 1. The van der Waals surface area contributed by atoms with Crippen LogP contribution in [0.4, 0.5) is 0 Å². The number of hydrogen-bond donors (Lipinski definition) is 2. The number of aromatic nitrogens is 3. The molecule has 0 saturated carbocycles. The summed E-state index contributed by atoms with van der Waals surface area (Å²) in [5.74, 6) is -0.0587. The third-order valence-electron chi connectivity index (χ3n) is 4.70. The van der Waals surface area contributed by atoms with Gasteiger partial charge in [0, 0.05) is 13.0 Å². The summed E-state index contributed by atoms with van der Waals surface area (Å²) in [6.07, 6.45) is 2.34. The van der Waals surface area contributed by atoms with Crippen LogP contribution in [0, 0.1) is 5.41 Å². The number of amides is 1. The third-order valence-corrected chi connectivity index (χ3v) is 4.70. The van der Waals surface area contributed by atoms with Crippen molar-refractivity contribution in [3.63, 3.8) is 0 Å². The molecule has 128 valence electrons. The van der Waals surface area contributed by atoms with E-state index < -0.39 is 0 Å². The van der Waals surface area contributed by atoms with Crippen molar-refractivity contribution in [3.8, 4) is 0 Å². The lowest BCUT2D eigenvalue weighted by Gasteiger charge is -2.34. The lowest BCUT2D eigenvalue weighted by Crippen LogP contribution is -2.43. The minimum atomic E-state index is -0.210. The van der Waals surface area contributed by atoms with Gasteiger partial charge in [-0.2, -0.15) is 0 Å². The fourth-order valence-electron chi connectivity index (χ4n) is 2.98. The van der Waals surface area contributed by atoms with Gasteiger partial charge in [-0.05, 0) is 43.5 Å². The molecule has 7 nitrogen and oxygen atoms in total. The van der Waals surface area contributed by atoms with Gasteiger partial charge in [-0.25, -0.2) is 4.68 Å². The van der Waals surface area contributed by atoms with Gasteiger partial charge in [-0.3, -0.25) is 9.59 Å². The average Bonchev–Trinajstić information content (AvgIpc) is 2.60. The van der Waals surface area contributed by atoms with E-state index in [1.807, 2.05) is 6.07 Å². The number of hydrogen-bond acceptors (Lipinski definition) is 5. The van der Waals surface area contributed by atoms with Crippen LogP contribution >= 0.6 is 0 Å². The van der Waals surface area contributed by atoms with E-state index in [1.54, 1.807) is 18.2 Å². The van der Waals surface area contributed by atoms with Crippen LogP contribution in [0.2, 0.25) is 0 Å². The Hall–Kier alpha value is -2.28. The molecule has 1 fully saturated rings. The molecule has 0 bridgehead atoms. The molecule has 0 atom stereocenters. The maximum atomic E-state index is 12.3. The van der Waals surface area contributed by atoms with E-state index in [0.717, 1.165) is 25.9 Å². The Morgan fingerprint density at radius 2 is 2.08 bits per heavy atom. The first-order chi connectivity index (χ1) is 11.6. The molecule has 0 radical (unpaired) electrons. The molecule has 1 amide bonds. The first-order valence-corrected chi connectivity index (χ1v) is 8.37. The number of rotatable bonds is 5. The van der Waals surface area contributed by atoms with Crippen molar-refractivity contribution >= 4 is 16.8 Å². The van der Waals surface area contributed by atoms with Crippen LogP contribution in [-0.4, -0.2) is 40.5 Å². The molecule has 2 N–H and O–H groups in total. The topological polar surface area (TPSA) is 88.9 Å². The molecular formula is C17H23N5O2. The largest absolute Gasteiger partial charge is 0.355 e. The summed E-state index contributed by atoms with van der Waals surface area (Å²) in [6.45, 7) is 5.10. The van der Waals surface area contributed by atoms with Crippen molar-refractivity contribution in [2.45, 2.75) is 32.7 Å². The van der Waals surface area contributed by atoms with Gasteiger partial charge in [-0.15, -0.1) is 5.10 Å². The fraction of sp³-hybridized carbons (Fsp3) is 0.529. The molecule has 1 aliphatic rings. The van der Waals surface area contributed by atoms with E-state index in [-0.39, 0.29) is 29.8 Å². The fourth-order valence-corrected chi connectivity index (χ4v) is 2.98. The summed E-state index contributed by atoms with van der Waals surface area (Å²) in [5.41, 5.74) is 0.515. The van der Waals surface area contributed by atoms with E-state index in [4.69, 9.17) is 0 Å². The van der Waals surface area contributed by atoms with Crippen LogP contribution in [0.25, 0.3) is 10.9 Å². The zero-order valence-corrected chi connectivity index (χ0v) is 13.9. The Labute approximate surface area is 140 Å². The van der Waals surface area contributed by atoms with Gasteiger partial charge in [0.25, 0.3) is 5.56 Å². The predicted molar refractivity (Wildman–Crippen MR) is 91.6 cm³/mol. The van der Waals surface area contributed by atoms with E-state index in [0.29, 0.717) is 17.4 Å². The number of aryl methyl sites for hydroxylation is 1. The normalized spacial score (nSPS) is 16.9. The van der Waals surface area contributed by atoms with E-state index in [9.17, 15) is 9.59 Å². The molecule has 1 saturated heterocycles. The van der Waals surface area contributed by atoms with Crippen molar-refractivity contribution < 1.29 is 4.79 Å². The number of piperidine rings is 1. The van der Waals surface area contributed by atoms with Gasteiger partial charge >= 0.3 is 0 Å². The number of carbonyl (C=O) groups is 1. The summed E-state index contributed by atoms with van der Waals surface area (Å²) in [6, 6.07) is 7.08. The quantitative estimate of drug-likeness (QED) is 0.842. The zero-order valence-electron chi connectivity index (χ0n) is 13.9. The SMILES string of the molecule is CC1(CNC(=O)CCn2nnc3ccccc3c2=O)CCNCC1. The van der Waals surface area contributed by atoms with Crippen LogP contribution < -0.4 is 16.2 Å². The smallest absolute Gasteiger partial charge is 0.277 e. The Balaban J connectivity index is 1.56. The second-order valence-electron chi connectivity index (χ2n) is 6.72. The lowest BCUT2D eigenvalue weighted by molar-refractivity contribution is -0.121. The predicted octanol–water partition coefficient (Wildman–Crippen LogP) is 0.687. The Morgan fingerprint density at radius 1 is 1.33 bits per heavy atom. The highest BCUT2D eigenvalue weighted by Crippen LogP contribution is 2.26. The molecule has 0 spiro atoms. The molecule has 1 aliphatic heterocycles. The Morgan fingerprint density at radius 3 is 2.88 bits per heavy atom. The van der Waals surface area contributed by atoms with Gasteiger partial charge in [0.15, 0.2) is 0 Å². The van der Waals surface area contributed by atoms with Crippen molar-refractivity contribution in [1.82, 2.24) is 25.6 Å². The minimum Gasteiger partial charge on any atom is -0.355 e. The van der Waals surface area contributed by atoms with Crippen LogP contribution in [-0.2, 0) is 11.3 Å². The molecule has 0 unspecified atom stereocenters. The molecule has 1 aromatic heterocycles. The summed E-state index contributed by atoms with van der Waals surface area (Å²) in [5, 5.41) is 14.8.